The number of aryl methyl sites for hydroxylation is 1. The van der Waals surface area contributed by atoms with Gasteiger partial charge >= 0.3 is 7.12 Å². The smallest absolute Gasteiger partial charge is 0.423 e. The van der Waals surface area contributed by atoms with E-state index in [9.17, 15) is 4.39 Å². The van der Waals surface area contributed by atoms with Crippen molar-refractivity contribution in [2.24, 2.45) is 0 Å². The molecule has 4 heteroatoms. The molecular formula is C10H12BFO2. The molecule has 1 aliphatic carbocycles. The van der Waals surface area contributed by atoms with Crippen LogP contribution in [0.2, 0.25) is 0 Å². The molecule has 0 aliphatic heterocycles. The van der Waals surface area contributed by atoms with Crippen molar-refractivity contribution in [2.45, 2.75) is 25.7 Å². The maximum absolute atomic E-state index is 13.4. The largest absolute Gasteiger partial charge is 0.491 e. The molecule has 14 heavy (non-hydrogen) atoms. The maximum Gasteiger partial charge on any atom is 0.491 e. The van der Waals surface area contributed by atoms with Crippen LogP contribution in [-0.2, 0) is 0 Å². The Balaban J connectivity index is 2.46. The highest BCUT2D eigenvalue weighted by atomic mass is 19.1. The Morgan fingerprint density at radius 3 is 2.50 bits per heavy atom. The predicted octanol–water partition coefficient (Wildman–Crippen LogP) is 0.691. The minimum atomic E-state index is -1.72. The minimum Gasteiger partial charge on any atom is -0.423 e. The van der Waals surface area contributed by atoms with Gasteiger partial charge in [-0.3, -0.25) is 0 Å². The second kappa shape index (κ2) is 3.37. The molecule has 1 fully saturated rings. The van der Waals surface area contributed by atoms with Crippen LogP contribution >= 0.6 is 0 Å². The highest BCUT2D eigenvalue weighted by Gasteiger charge is 2.27. The molecule has 0 aromatic heterocycles. The zero-order valence-corrected chi connectivity index (χ0v) is 8.00. The van der Waals surface area contributed by atoms with Crippen LogP contribution in [-0.4, -0.2) is 17.2 Å². The van der Waals surface area contributed by atoms with E-state index >= 15 is 0 Å². The summed E-state index contributed by atoms with van der Waals surface area (Å²) >= 11 is 0. The summed E-state index contributed by atoms with van der Waals surface area (Å²) in [6.07, 6.45) is 2.23. The summed E-state index contributed by atoms with van der Waals surface area (Å²) in [7, 11) is -1.72. The van der Waals surface area contributed by atoms with Gasteiger partial charge in [0.2, 0.25) is 0 Å². The molecule has 0 unspecified atom stereocenters. The molecule has 2 rings (SSSR count). The normalized spacial score (nSPS) is 15.7. The van der Waals surface area contributed by atoms with Crippen molar-refractivity contribution in [3.63, 3.8) is 0 Å². The van der Waals surface area contributed by atoms with E-state index in [1.54, 1.807) is 19.1 Å². The van der Waals surface area contributed by atoms with Gasteiger partial charge in [-0.2, -0.15) is 0 Å². The zero-order valence-electron chi connectivity index (χ0n) is 8.00. The van der Waals surface area contributed by atoms with E-state index in [1.807, 2.05) is 0 Å². The van der Waals surface area contributed by atoms with Crippen LogP contribution in [0.5, 0.6) is 0 Å². The first-order valence-electron chi connectivity index (χ1n) is 4.75. The second-order valence-corrected chi connectivity index (χ2v) is 3.89. The molecular weight excluding hydrogens is 182 g/mol. The third-order valence-corrected chi connectivity index (χ3v) is 2.63. The molecule has 2 nitrogen and oxygen atoms in total. The lowest BCUT2D eigenvalue weighted by molar-refractivity contribution is 0.422. The molecule has 1 aliphatic rings. The summed E-state index contributed by atoms with van der Waals surface area (Å²) in [5, 5.41) is 17.9. The summed E-state index contributed by atoms with van der Waals surface area (Å²) < 4.78 is 13.4. The van der Waals surface area contributed by atoms with Crippen molar-refractivity contribution in [3.05, 3.63) is 29.1 Å². The van der Waals surface area contributed by atoms with Crippen LogP contribution in [0, 0.1) is 12.7 Å². The van der Waals surface area contributed by atoms with E-state index < -0.39 is 12.9 Å². The molecule has 0 bridgehead atoms. The molecule has 0 saturated heterocycles. The average molecular weight is 194 g/mol. The Morgan fingerprint density at radius 1 is 1.36 bits per heavy atom. The quantitative estimate of drug-likeness (QED) is 0.680. The lowest BCUT2D eigenvalue weighted by Crippen LogP contribution is -2.33. The molecule has 1 saturated carbocycles. The Labute approximate surface area is 82.5 Å². The zero-order chi connectivity index (χ0) is 10.3. The Morgan fingerprint density at radius 2 is 2.00 bits per heavy atom. The van der Waals surface area contributed by atoms with Gasteiger partial charge in [0.15, 0.2) is 0 Å². The number of hydrogen-bond donors (Lipinski definition) is 2. The van der Waals surface area contributed by atoms with Crippen molar-refractivity contribution in [2.75, 3.05) is 0 Å². The Hall–Kier alpha value is -0.865. The molecule has 0 atom stereocenters. The Bertz CT molecular complexity index is 361. The van der Waals surface area contributed by atoms with Crippen molar-refractivity contribution in [1.29, 1.82) is 0 Å². The van der Waals surface area contributed by atoms with Gasteiger partial charge in [0.1, 0.15) is 5.82 Å². The van der Waals surface area contributed by atoms with Gasteiger partial charge in [-0.25, -0.2) is 4.39 Å². The lowest BCUT2D eigenvalue weighted by Gasteiger charge is -2.08. The topological polar surface area (TPSA) is 40.5 Å². The molecule has 0 amide bonds. The SMILES string of the molecule is Cc1cc(C2CC2)cc(B(O)O)c1F. The summed E-state index contributed by atoms with van der Waals surface area (Å²) in [4.78, 5) is 0. The maximum atomic E-state index is 13.4. The number of hydrogen-bond acceptors (Lipinski definition) is 2. The summed E-state index contributed by atoms with van der Waals surface area (Å²) in [6, 6.07) is 3.35. The van der Waals surface area contributed by atoms with Crippen LogP contribution < -0.4 is 5.46 Å². The fourth-order valence-electron chi connectivity index (χ4n) is 1.67. The Kier molecular flexibility index (Phi) is 2.33. The predicted molar refractivity (Wildman–Crippen MR) is 52.9 cm³/mol. The van der Waals surface area contributed by atoms with Gasteiger partial charge in [0, 0.05) is 5.46 Å². The van der Waals surface area contributed by atoms with Crippen molar-refractivity contribution >= 4 is 12.6 Å². The first kappa shape index (κ1) is 9.68. The highest BCUT2D eigenvalue weighted by molar-refractivity contribution is 6.58. The van der Waals surface area contributed by atoms with E-state index in [-0.39, 0.29) is 5.46 Å². The van der Waals surface area contributed by atoms with Crippen molar-refractivity contribution < 1.29 is 14.4 Å². The molecule has 0 heterocycles. The molecule has 1 aromatic rings. The highest BCUT2D eigenvalue weighted by Crippen LogP contribution is 2.40. The van der Waals surface area contributed by atoms with Gasteiger partial charge in [0.05, 0.1) is 0 Å². The van der Waals surface area contributed by atoms with E-state index in [2.05, 4.69) is 0 Å². The lowest BCUT2D eigenvalue weighted by atomic mass is 9.77. The molecule has 74 valence electrons. The van der Waals surface area contributed by atoms with E-state index in [4.69, 9.17) is 10.0 Å². The van der Waals surface area contributed by atoms with Gasteiger partial charge in [-0.15, -0.1) is 0 Å². The number of rotatable bonds is 2. The monoisotopic (exact) mass is 194 g/mol. The first-order valence-corrected chi connectivity index (χ1v) is 4.75. The van der Waals surface area contributed by atoms with Gasteiger partial charge in [0.25, 0.3) is 0 Å². The molecule has 0 spiro atoms. The number of benzene rings is 1. The van der Waals surface area contributed by atoms with Crippen molar-refractivity contribution in [1.82, 2.24) is 0 Å². The fraction of sp³-hybridized carbons (Fsp3) is 0.400. The van der Waals surface area contributed by atoms with Crippen LogP contribution in [0.25, 0.3) is 0 Å². The second-order valence-electron chi connectivity index (χ2n) is 3.89. The van der Waals surface area contributed by atoms with Crippen LogP contribution in [0.4, 0.5) is 4.39 Å². The van der Waals surface area contributed by atoms with E-state index in [0.29, 0.717) is 11.5 Å². The van der Waals surface area contributed by atoms with E-state index in [1.165, 1.54) is 0 Å². The third-order valence-electron chi connectivity index (χ3n) is 2.63. The van der Waals surface area contributed by atoms with Crippen LogP contribution in [0.15, 0.2) is 12.1 Å². The van der Waals surface area contributed by atoms with Crippen LogP contribution in [0.3, 0.4) is 0 Å². The fourth-order valence-corrected chi connectivity index (χ4v) is 1.67. The summed E-state index contributed by atoms with van der Waals surface area (Å²) in [5.74, 6) is -0.0174. The average Bonchev–Trinajstić information content (AvgIpc) is 2.91. The summed E-state index contributed by atoms with van der Waals surface area (Å²) in [5.41, 5.74) is 1.50. The summed E-state index contributed by atoms with van der Waals surface area (Å²) in [6.45, 7) is 1.65. The van der Waals surface area contributed by atoms with Gasteiger partial charge in [-0.05, 0) is 36.8 Å². The van der Waals surface area contributed by atoms with Gasteiger partial charge in [-0.1, -0.05) is 12.1 Å². The minimum absolute atomic E-state index is 0.00750. The first-order chi connectivity index (χ1) is 6.59. The molecule has 1 aromatic carbocycles. The third kappa shape index (κ3) is 1.67. The molecule has 2 N–H and O–H groups in total. The van der Waals surface area contributed by atoms with Crippen LogP contribution in [0.1, 0.15) is 29.9 Å². The number of halogens is 1. The molecule has 0 radical (unpaired) electrons. The van der Waals surface area contributed by atoms with Gasteiger partial charge < -0.3 is 10.0 Å². The standard InChI is InChI=1S/C10H12BFO2/c1-6-4-8(7-2-3-7)5-9(10(6)12)11(13)14/h4-5,7,13-14H,2-3H2,1H3. The van der Waals surface area contributed by atoms with E-state index in [0.717, 1.165) is 18.4 Å². The van der Waals surface area contributed by atoms with Crippen molar-refractivity contribution in [3.8, 4) is 0 Å².